The van der Waals surface area contributed by atoms with Gasteiger partial charge in [-0.15, -0.1) is 0 Å². The number of nitrogens with two attached hydrogens (primary N) is 1. The Morgan fingerprint density at radius 2 is 2.00 bits per heavy atom. The molecule has 1 aromatic heterocycles. The van der Waals surface area contributed by atoms with E-state index in [-0.39, 0.29) is 11.4 Å². The number of aryl methyl sites for hydroxylation is 2. The van der Waals surface area contributed by atoms with Crippen LogP contribution in [0.4, 0.5) is 17.2 Å². The Morgan fingerprint density at radius 1 is 1.23 bits per heavy atom. The molecular weight excluding hydrogens is 392 g/mol. The molecule has 1 saturated heterocycles. The van der Waals surface area contributed by atoms with E-state index in [9.17, 15) is 4.79 Å². The van der Waals surface area contributed by atoms with E-state index >= 15 is 0 Å². The van der Waals surface area contributed by atoms with Crippen LogP contribution in [-0.2, 0) is 11.8 Å². The number of hydrogen-bond acceptors (Lipinski definition) is 7. The summed E-state index contributed by atoms with van der Waals surface area (Å²) < 4.78 is 6.99. The Labute approximate surface area is 180 Å². The van der Waals surface area contributed by atoms with E-state index in [4.69, 9.17) is 15.9 Å². The monoisotopic (exact) mass is 418 g/mol. The first-order valence-corrected chi connectivity index (χ1v) is 10.2. The fraction of sp³-hybridized carbons (Fsp3) is 0.261. The van der Waals surface area contributed by atoms with Gasteiger partial charge < -0.3 is 30.7 Å². The van der Waals surface area contributed by atoms with Crippen LogP contribution >= 0.6 is 0 Å². The quantitative estimate of drug-likeness (QED) is 0.550. The molecule has 0 spiro atoms. The van der Waals surface area contributed by atoms with Gasteiger partial charge in [0.05, 0.1) is 24.2 Å². The van der Waals surface area contributed by atoms with Crippen LogP contribution in [0.3, 0.4) is 0 Å². The normalized spacial score (nSPS) is 14.6. The molecule has 8 nitrogen and oxygen atoms in total. The molecule has 4 rings (SSSR count). The predicted octanol–water partition coefficient (Wildman–Crippen LogP) is 2.77. The van der Waals surface area contributed by atoms with Gasteiger partial charge in [0.25, 0.3) is 5.56 Å². The minimum absolute atomic E-state index is 0.229. The molecule has 2 heterocycles. The third-order valence-electron chi connectivity index (χ3n) is 5.56. The molecule has 0 bridgehead atoms. The van der Waals surface area contributed by atoms with E-state index in [1.54, 1.807) is 11.6 Å². The lowest BCUT2D eigenvalue weighted by molar-refractivity contribution is 0.122. The maximum absolute atomic E-state index is 12.9. The first kappa shape index (κ1) is 20.6. The van der Waals surface area contributed by atoms with Crippen LogP contribution in [0.5, 0.6) is 0 Å². The van der Waals surface area contributed by atoms with Crippen molar-refractivity contribution in [1.29, 1.82) is 5.41 Å². The second kappa shape index (κ2) is 8.61. The minimum atomic E-state index is -0.229. The average molecular weight is 419 g/mol. The van der Waals surface area contributed by atoms with Gasteiger partial charge in [0.2, 0.25) is 0 Å². The van der Waals surface area contributed by atoms with Crippen LogP contribution in [0.2, 0.25) is 0 Å². The lowest BCUT2D eigenvalue weighted by atomic mass is 10.1. The van der Waals surface area contributed by atoms with Gasteiger partial charge in [-0.2, -0.15) is 0 Å². The van der Waals surface area contributed by atoms with Crippen LogP contribution in [0.15, 0.2) is 47.4 Å². The number of morpholine rings is 1. The van der Waals surface area contributed by atoms with E-state index in [2.05, 4.69) is 28.2 Å². The van der Waals surface area contributed by atoms with Crippen LogP contribution in [0.1, 0.15) is 11.1 Å². The highest BCUT2D eigenvalue weighted by Gasteiger charge is 2.15. The summed E-state index contributed by atoms with van der Waals surface area (Å²) in [6.07, 6.45) is 2.56. The van der Waals surface area contributed by atoms with Crippen molar-refractivity contribution in [2.75, 3.05) is 36.5 Å². The van der Waals surface area contributed by atoms with Crippen molar-refractivity contribution in [3.05, 3.63) is 64.1 Å². The van der Waals surface area contributed by atoms with Crippen LogP contribution in [-0.4, -0.2) is 42.1 Å². The van der Waals surface area contributed by atoms with Gasteiger partial charge >= 0.3 is 0 Å². The fourth-order valence-electron chi connectivity index (χ4n) is 3.84. The van der Waals surface area contributed by atoms with Gasteiger partial charge in [0.15, 0.2) is 5.82 Å². The van der Waals surface area contributed by atoms with Crippen LogP contribution in [0, 0.1) is 12.3 Å². The first-order valence-electron chi connectivity index (χ1n) is 10.2. The average Bonchev–Trinajstić information content (AvgIpc) is 2.79. The van der Waals surface area contributed by atoms with E-state index in [1.807, 2.05) is 30.3 Å². The number of fused-ring (bicyclic) bond motifs is 1. The van der Waals surface area contributed by atoms with E-state index in [0.717, 1.165) is 43.1 Å². The van der Waals surface area contributed by atoms with Crippen LogP contribution in [0.25, 0.3) is 16.6 Å². The van der Waals surface area contributed by atoms with Crippen molar-refractivity contribution in [2.24, 2.45) is 12.8 Å². The molecule has 0 atom stereocenters. The second-order valence-electron chi connectivity index (χ2n) is 7.52. The lowest BCUT2D eigenvalue weighted by Gasteiger charge is -2.30. The molecule has 160 valence electrons. The largest absolute Gasteiger partial charge is 0.404 e. The summed E-state index contributed by atoms with van der Waals surface area (Å²) in [6, 6.07) is 11.6. The summed E-state index contributed by atoms with van der Waals surface area (Å²) >= 11 is 0. The van der Waals surface area contributed by atoms with Crippen molar-refractivity contribution in [1.82, 2.24) is 9.55 Å². The molecule has 0 amide bonds. The van der Waals surface area contributed by atoms with Crippen molar-refractivity contribution >= 4 is 40.0 Å². The molecule has 0 saturated carbocycles. The maximum Gasteiger partial charge on any atom is 0.293 e. The Bertz CT molecular complexity index is 1220. The van der Waals surface area contributed by atoms with Gasteiger partial charge in [0.1, 0.15) is 0 Å². The standard InChI is InChI=1S/C23H26N6O2/c1-15-11-18(4-6-20(15)29-7-9-31-10-8-29)26-22-23(30)28(2)21-12-16(17(13-24)14-25)3-5-19(21)27-22/h3-6,11-14,24H,7-10,25H2,1-2H3,(H,26,27)/b17-14+,24-13?. The van der Waals surface area contributed by atoms with Crippen molar-refractivity contribution < 1.29 is 4.74 Å². The molecule has 4 N–H and O–H groups in total. The second-order valence-corrected chi connectivity index (χ2v) is 7.52. The molecule has 0 radical (unpaired) electrons. The molecular formula is C23H26N6O2. The molecule has 0 aliphatic carbocycles. The number of aromatic nitrogens is 2. The molecule has 8 heteroatoms. The van der Waals surface area contributed by atoms with Crippen molar-refractivity contribution in [3.63, 3.8) is 0 Å². The smallest absolute Gasteiger partial charge is 0.293 e. The zero-order valence-corrected chi connectivity index (χ0v) is 17.7. The number of rotatable bonds is 5. The molecule has 0 unspecified atom stereocenters. The molecule has 3 aromatic rings. The lowest BCUT2D eigenvalue weighted by Crippen LogP contribution is -2.36. The first-order chi connectivity index (χ1) is 15.0. The number of allylic oxidation sites excluding steroid dienone is 1. The summed E-state index contributed by atoms with van der Waals surface area (Å²) in [4.78, 5) is 19.8. The molecule has 1 aliphatic rings. The highest BCUT2D eigenvalue weighted by atomic mass is 16.5. The number of anilines is 3. The van der Waals surface area contributed by atoms with E-state index in [0.29, 0.717) is 16.6 Å². The molecule has 1 aliphatic heterocycles. The zero-order chi connectivity index (χ0) is 22.0. The van der Waals surface area contributed by atoms with Crippen molar-refractivity contribution in [3.8, 4) is 0 Å². The van der Waals surface area contributed by atoms with Gasteiger partial charge in [-0.3, -0.25) is 4.79 Å². The van der Waals surface area contributed by atoms with E-state index in [1.165, 1.54) is 18.1 Å². The number of ether oxygens (including phenoxy) is 1. The number of benzene rings is 2. The summed E-state index contributed by atoms with van der Waals surface area (Å²) in [6.45, 7) is 5.29. The third kappa shape index (κ3) is 4.02. The molecule has 2 aromatic carbocycles. The summed E-state index contributed by atoms with van der Waals surface area (Å²) in [5, 5.41) is 10.7. The van der Waals surface area contributed by atoms with E-state index < -0.39 is 0 Å². The fourth-order valence-corrected chi connectivity index (χ4v) is 3.84. The highest BCUT2D eigenvalue weighted by Crippen LogP contribution is 2.26. The minimum Gasteiger partial charge on any atom is -0.404 e. The number of nitrogens with one attached hydrogen (secondary N) is 2. The van der Waals surface area contributed by atoms with Gasteiger partial charge in [-0.25, -0.2) is 4.98 Å². The SMILES string of the molecule is Cc1cc(Nc2nc3ccc(/C(C=N)=C/N)cc3n(C)c2=O)ccc1N1CCOCC1. The highest BCUT2D eigenvalue weighted by molar-refractivity contribution is 6.09. The van der Waals surface area contributed by atoms with Gasteiger partial charge in [-0.05, 0) is 48.4 Å². The third-order valence-corrected chi connectivity index (χ3v) is 5.56. The van der Waals surface area contributed by atoms with Crippen LogP contribution < -0.4 is 21.5 Å². The van der Waals surface area contributed by atoms with Crippen molar-refractivity contribution in [2.45, 2.75) is 6.92 Å². The molecule has 1 fully saturated rings. The van der Waals surface area contributed by atoms with Gasteiger partial charge in [-0.1, -0.05) is 6.07 Å². The summed E-state index contributed by atoms with van der Waals surface area (Å²) in [5.74, 6) is 0.267. The zero-order valence-electron chi connectivity index (χ0n) is 17.7. The summed E-state index contributed by atoms with van der Waals surface area (Å²) in [7, 11) is 1.71. The topological polar surface area (TPSA) is 109 Å². The Kier molecular flexibility index (Phi) is 5.73. The van der Waals surface area contributed by atoms with Gasteiger partial charge in [0, 0.05) is 49.5 Å². The Hall–Kier alpha value is -3.65. The summed E-state index contributed by atoms with van der Waals surface area (Å²) in [5.41, 5.74) is 11.2. The number of hydrogen-bond donors (Lipinski definition) is 3. The Morgan fingerprint density at radius 3 is 2.68 bits per heavy atom. The predicted molar refractivity (Wildman–Crippen MR) is 125 cm³/mol. The maximum atomic E-state index is 12.9. The Balaban J connectivity index is 1.66. The number of nitrogens with zero attached hydrogens (tertiary/aromatic N) is 3. The molecule has 31 heavy (non-hydrogen) atoms.